The zero-order chi connectivity index (χ0) is 50.5. The minimum Gasteiger partial charge on any atom is -0.487 e. The molecule has 0 saturated carbocycles. The lowest BCUT2D eigenvalue weighted by Crippen LogP contribution is -2.57. The molecule has 2 aliphatic rings. The number of hydrogen-bond donors (Lipinski definition) is 7. The summed E-state index contributed by atoms with van der Waals surface area (Å²) < 4.78 is 47.0. The van der Waals surface area contributed by atoms with Crippen LogP contribution in [-0.2, 0) is 49.9 Å². The van der Waals surface area contributed by atoms with Crippen LogP contribution in [0.2, 0.25) is 0 Å². The van der Waals surface area contributed by atoms with E-state index in [2.05, 4.69) is 31.0 Å². The Hall–Kier alpha value is -6.70. The van der Waals surface area contributed by atoms with Gasteiger partial charge in [-0.2, -0.15) is 0 Å². The summed E-state index contributed by atoms with van der Waals surface area (Å²) in [6, 6.07) is 9.86. The largest absolute Gasteiger partial charge is 0.487 e. The number of esters is 1. The molecule has 4 atom stereocenters. The maximum atomic E-state index is 13.9. The van der Waals surface area contributed by atoms with E-state index in [1.54, 1.807) is 41.5 Å². The predicted molar refractivity (Wildman–Crippen MR) is 252 cm³/mol. The number of benzene rings is 3. The van der Waals surface area contributed by atoms with Crippen molar-refractivity contribution in [2.75, 3.05) is 13.2 Å². The summed E-state index contributed by atoms with van der Waals surface area (Å²) in [4.78, 5) is 82.4. The fourth-order valence-electron chi connectivity index (χ4n) is 8.23. The quantitative estimate of drug-likeness (QED) is 0.0413. The number of aliphatic imine (C=N–C) groups is 1. The Kier molecular flexibility index (Phi) is 16.2. The van der Waals surface area contributed by atoms with E-state index in [1.165, 1.54) is 13.8 Å². The van der Waals surface area contributed by atoms with Crippen LogP contribution in [0.15, 0.2) is 58.4 Å². The van der Waals surface area contributed by atoms with Gasteiger partial charge in [-0.1, -0.05) is 48.5 Å². The van der Waals surface area contributed by atoms with Crippen LogP contribution >= 0.6 is 0 Å². The molecule has 0 aromatic heterocycles. The Morgan fingerprint density at radius 1 is 0.838 bits per heavy atom. The van der Waals surface area contributed by atoms with E-state index in [0.717, 1.165) is 27.8 Å². The van der Waals surface area contributed by atoms with Crippen molar-refractivity contribution >= 4 is 51.7 Å². The highest BCUT2D eigenvalue weighted by molar-refractivity contribution is 7.90. The standard InChI is InChI=1S/C48H63N7O12S/c1-25-26(2)40(27(3)34-23-48(9,10)67-39(25)34)68(63,64)55-45(49)50-21-15-20-36(54-46(62)65-24-35-32-18-13-11-16-30(32)31-17-12-14-19-33(31)35)42(58)51-28(4)41(57)53-37(22-38(56)66-47(6,7)8)43(59)52-29(5)44(60)61/h11-14,16-19,28-29,35-37H,15,20-24H2,1-10H3,(H,51,58)(H,52,59)(H,53,57)(H,54,62)(H,60,61)(H3,49,50,55)/t28-,29-,36-,37-/m0/s1. The SMILES string of the molecule is Cc1c(C)c(S(=O)(=O)NC(N)=NCCC[C@H](NC(=O)OCC2c3ccccc3-c3ccccc32)C(=O)N[C@@H](C)C(=O)N[C@@H](CC(=O)OC(C)(C)C)C(=O)N[C@@H](C)C(=O)O)c(C)c2c1OC(C)(C)C2. The molecule has 19 nitrogen and oxygen atoms in total. The summed E-state index contributed by atoms with van der Waals surface area (Å²) in [5.74, 6) is -4.99. The number of fused-ring (bicyclic) bond motifs is 4. The van der Waals surface area contributed by atoms with Gasteiger partial charge in [0, 0.05) is 24.4 Å². The second kappa shape index (κ2) is 21.1. The van der Waals surface area contributed by atoms with Gasteiger partial charge in [-0.3, -0.25) is 29.0 Å². The number of nitrogens with one attached hydrogen (secondary N) is 5. The number of alkyl carbamates (subject to hydrolysis) is 1. The molecule has 0 radical (unpaired) electrons. The first kappa shape index (κ1) is 52.3. The molecule has 1 heterocycles. The van der Waals surface area contributed by atoms with Crippen LogP contribution in [0.1, 0.15) is 107 Å². The predicted octanol–water partition coefficient (Wildman–Crippen LogP) is 3.92. The first-order valence-electron chi connectivity index (χ1n) is 22.3. The zero-order valence-electron chi connectivity index (χ0n) is 40.1. The fourth-order valence-corrected chi connectivity index (χ4v) is 9.75. The van der Waals surface area contributed by atoms with E-state index in [0.29, 0.717) is 28.9 Å². The Morgan fingerprint density at radius 3 is 2.00 bits per heavy atom. The fraction of sp³-hybridized carbons (Fsp3) is 0.479. The molecule has 0 fully saturated rings. The molecule has 0 unspecified atom stereocenters. The van der Waals surface area contributed by atoms with Gasteiger partial charge in [0.25, 0.3) is 10.0 Å². The maximum absolute atomic E-state index is 13.9. The number of nitrogens with zero attached hydrogens (tertiary/aromatic N) is 1. The van der Waals surface area contributed by atoms with Crippen molar-refractivity contribution in [1.29, 1.82) is 0 Å². The van der Waals surface area contributed by atoms with Gasteiger partial charge in [0.2, 0.25) is 23.7 Å². The number of carbonyl (C=O) groups is 6. The van der Waals surface area contributed by atoms with Crippen LogP contribution in [0.3, 0.4) is 0 Å². The summed E-state index contributed by atoms with van der Waals surface area (Å²) >= 11 is 0. The average molecular weight is 962 g/mol. The molecule has 3 aromatic rings. The number of aliphatic carboxylic acids is 1. The molecular formula is C48H63N7O12S. The third kappa shape index (κ3) is 12.8. The van der Waals surface area contributed by atoms with Crippen molar-refractivity contribution in [3.05, 3.63) is 81.9 Å². The molecule has 0 spiro atoms. The lowest BCUT2D eigenvalue weighted by Gasteiger charge is -2.25. The zero-order valence-corrected chi connectivity index (χ0v) is 40.9. The molecule has 0 bridgehead atoms. The summed E-state index contributed by atoms with van der Waals surface area (Å²) in [7, 11) is -4.21. The number of ether oxygens (including phenoxy) is 3. The number of rotatable bonds is 18. The molecular weight excluding hydrogens is 899 g/mol. The van der Waals surface area contributed by atoms with Gasteiger partial charge in [0.1, 0.15) is 47.7 Å². The highest BCUT2D eigenvalue weighted by atomic mass is 32.2. The first-order chi connectivity index (χ1) is 31.7. The number of guanidine groups is 1. The molecule has 20 heteroatoms. The second-order valence-corrected chi connectivity index (χ2v) is 20.4. The molecule has 68 heavy (non-hydrogen) atoms. The highest BCUT2D eigenvalue weighted by Gasteiger charge is 2.37. The number of sulfonamides is 1. The molecule has 8 N–H and O–H groups in total. The normalized spacial score (nSPS) is 15.8. The summed E-state index contributed by atoms with van der Waals surface area (Å²) in [5.41, 5.74) is 11.2. The third-order valence-electron chi connectivity index (χ3n) is 11.6. The van der Waals surface area contributed by atoms with Gasteiger partial charge in [0.15, 0.2) is 0 Å². The first-order valence-corrected chi connectivity index (χ1v) is 23.8. The van der Waals surface area contributed by atoms with E-state index in [-0.39, 0.29) is 36.8 Å². The van der Waals surface area contributed by atoms with Gasteiger partial charge >= 0.3 is 18.0 Å². The Bertz CT molecular complexity index is 2560. The molecule has 5 rings (SSSR count). The van der Waals surface area contributed by atoms with Crippen molar-refractivity contribution in [2.24, 2.45) is 10.7 Å². The summed E-state index contributed by atoms with van der Waals surface area (Å²) in [5, 5.41) is 19.0. The lowest BCUT2D eigenvalue weighted by molar-refractivity contribution is -0.156. The van der Waals surface area contributed by atoms with Crippen molar-refractivity contribution in [2.45, 2.75) is 141 Å². The molecule has 3 aromatic carbocycles. The highest BCUT2D eigenvalue weighted by Crippen LogP contribution is 2.45. The number of carboxylic acid groups (broad SMARTS) is 1. The topological polar surface area (TPSA) is 283 Å². The van der Waals surface area contributed by atoms with Crippen molar-refractivity contribution in [3.63, 3.8) is 0 Å². The van der Waals surface area contributed by atoms with Crippen molar-refractivity contribution < 1.29 is 56.5 Å². The molecule has 1 aliphatic heterocycles. The van der Waals surface area contributed by atoms with Crippen LogP contribution in [0.5, 0.6) is 5.75 Å². The molecule has 0 saturated heterocycles. The monoisotopic (exact) mass is 961 g/mol. The maximum Gasteiger partial charge on any atom is 0.407 e. The van der Waals surface area contributed by atoms with Gasteiger partial charge in [-0.15, -0.1) is 0 Å². The van der Waals surface area contributed by atoms with Crippen molar-refractivity contribution in [1.82, 2.24) is 26.0 Å². The number of nitrogens with two attached hydrogens (primary N) is 1. The van der Waals surface area contributed by atoms with E-state index in [4.69, 9.17) is 19.9 Å². The van der Waals surface area contributed by atoms with Crippen LogP contribution < -0.4 is 36.5 Å². The molecule has 4 amide bonds. The van der Waals surface area contributed by atoms with Crippen LogP contribution in [0.25, 0.3) is 11.1 Å². The summed E-state index contributed by atoms with van der Waals surface area (Å²) in [6.45, 7) is 16.2. The van der Waals surface area contributed by atoms with Crippen molar-refractivity contribution in [3.8, 4) is 16.9 Å². The van der Waals surface area contributed by atoms with Gasteiger partial charge < -0.3 is 46.3 Å². The lowest BCUT2D eigenvalue weighted by atomic mass is 9.94. The molecule has 1 aliphatic carbocycles. The number of carboxylic acids is 1. The van der Waals surface area contributed by atoms with Crippen LogP contribution in [0.4, 0.5) is 4.79 Å². The minimum atomic E-state index is -4.21. The second-order valence-electron chi connectivity index (χ2n) is 18.7. The third-order valence-corrected chi connectivity index (χ3v) is 13.2. The van der Waals surface area contributed by atoms with E-state index in [1.807, 2.05) is 62.4 Å². The number of amides is 4. The Morgan fingerprint density at radius 2 is 1.41 bits per heavy atom. The Balaban J connectivity index is 1.29. The minimum absolute atomic E-state index is 0.0664. The average Bonchev–Trinajstić information content (AvgIpc) is 3.75. The smallest absolute Gasteiger partial charge is 0.407 e. The van der Waals surface area contributed by atoms with Crippen LogP contribution in [0, 0.1) is 20.8 Å². The number of carbonyl (C=O) groups excluding carboxylic acids is 5. The van der Waals surface area contributed by atoms with E-state index >= 15 is 0 Å². The Labute approximate surface area is 396 Å². The number of hydrogen-bond acceptors (Lipinski definition) is 12. The van der Waals surface area contributed by atoms with Gasteiger partial charge in [-0.05, 0) is 121 Å². The van der Waals surface area contributed by atoms with E-state index in [9.17, 15) is 42.3 Å². The van der Waals surface area contributed by atoms with Crippen LogP contribution in [-0.4, -0.2) is 104 Å². The summed E-state index contributed by atoms with van der Waals surface area (Å²) in [6.07, 6.45) is -1.10. The van der Waals surface area contributed by atoms with Gasteiger partial charge in [0.05, 0.1) is 11.3 Å². The van der Waals surface area contributed by atoms with E-state index < -0.39 is 93.5 Å². The molecule has 368 valence electrons. The van der Waals surface area contributed by atoms with Gasteiger partial charge in [-0.25, -0.2) is 17.9 Å².